The lowest BCUT2D eigenvalue weighted by Crippen LogP contribution is -2.24. The van der Waals surface area contributed by atoms with Crippen LogP contribution in [0.15, 0.2) is 67.0 Å². The van der Waals surface area contributed by atoms with Crippen molar-refractivity contribution in [1.29, 1.82) is 0 Å². The number of nitrogens with two attached hydrogens (primary N) is 1. The number of nitrogens with zero attached hydrogens (tertiary/aromatic N) is 5. The average Bonchev–Trinajstić information content (AvgIpc) is 3.21. The molecule has 2 aromatic carbocycles. The Bertz CT molecular complexity index is 1240. The molecule has 0 saturated heterocycles. The third-order valence-corrected chi connectivity index (χ3v) is 5.67. The van der Waals surface area contributed by atoms with Crippen LogP contribution >= 0.6 is 0 Å². The molecule has 7 nitrogen and oxygen atoms in total. The molecule has 1 unspecified atom stereocenters. The maximum absolute atomic E-state index is 12.7. The SMILES string of the molecule is CN(C)C(=O)c1cccc(C(Cc2ccc(N(C)C)cc2)n2ncc3cccnc32)c1N. The molecule has 4 aromatic rings. The first-order chi connectivity index (χ1) is 15.4. The fourth-order valence-corrected chi connectivity index (χ4v) is 3.89. The number of nitrogen functional groups attached to an aromatic ring is 1. The van der Waals surface area contributed by atoms with Crippen LogP contribution in [0.25, 0.3) is 11.0 Å². The van der Waals surface area contributed by atoms with Gasteiger partial charge in [0, 0.05) is 56.7 Å². The maximum atomic E-state index is 12.7. The van der Waals surface area contributed by atoms with Crippen LogP contribution in [0.1, 0.15) is 27.5 Å². The number of carbonyl (C=O) groups is 1. The zero-order valence-corrected chi connectivity index (χ0v) is 18.9. The van der Waals surface area contributed by atoms with Crippen molar-refractivity contribution >= 4 is 28.3 Å². The molecule has 2 N–H and O–H groups in total. The molecule has 1 amide bonds. The van der Waals surface area contributed by atoms with E-state index < -0.39 is 0 Å². The van der Waals surface area contributed by atoms with Crippen molar-refractivity contribution in [3.05, 3.63) is 83.7 Å². The minimum Gasteiger partial charge on any atom is -0.398 e. The molecule has 7 heteroatoms. The summed E-state index contributed by atoms with van der Waals surface area (Å²) in [5, 5.41) is 5.62. The van der Waals surface area contributed by atoms with Crippen LogP contribution in [0.2, 0.25) is 0 Å². The number of para-hydroxylation sites is 1. The number of hydrogen-bond donors (Lipinski definition) is 1. The molecule has 4 rings (SSSR count). The summed E-state index contributed by atoms with van der Waals surface area (Å²) < 4.78 is 1.91. The number of fused-ring (bicyclic) bond motifs is 1. The van der Waals surface area contributed by atoms with Gasteiger partial charge >= 0.3 is 0 Å². The second kappa shape index (κ2) is 8.70. The number of anilines is 2. The lowest BCUT2D eigenvalue weighted by molar-refractivity contribution is 0.0828. The van der Waals surface area contributed by atoms with Crippen LogP contribution in [0.4, 0.5) is 11.4 Å². The van der Waals surface area contributed by atoms with E-state index in [1.807, 2.05) is 49.2 Å². The predicted molar refractivity (Wildman–Crippen MR) is 129 cm³/mol. The van der Waals surface area contributed by atoms with E-state index in [-0.39, 0.29) is 11.9 Å². The molecule has 2 aromatic heterocycles. The quantitative estimate of drug-likeness (QED) is 0.475. The molecule has 2 heterocycles. The van der Waals surface area contributed by atoms with Gasteiger partial charge < -0.3 is 15.5 Å². The Morgan fingerprint density at radius 1 is 1.03 bits per heavy atom. The summed E-state index contributed by atoms with van der Waals surface area (Å²) in [7, 11) is 7.49. The summed E-state index contributed by atoms with van der Waals surface area (Å²) in [6.45, 7) is 0. The highest BCUT2D eigenvalue weighted by Gasteiger charge is 2.24. The molecule has 0 bridgehead atoms. The molecule has 0 aliphatic rings. The predicted octanol–water partition coefficient (Wildman–Crippen LogP) is 3.61. The lowest BCUT2D eigenvalue weighted by atomic mass is 9.95. The van der Waals surface area contributed by atoms with Crippen molar-refractivity contribution in [1.82, 2.24) is 19.7 Å². The highest BCUT2D eigenvalue weighted by atomic mass is 16.2. The number of benzene rings is 2. The molecule has 32 heavy (non-hydrogen) atoms. The Morgan fingerprint density at radius 3 is 2.47 bits per heavy atom. The number of rotatable bonds is 6. The number of amides is 1. The van der Waals surface area contributed by atoms with Gasteiger partial charge in [0.2, 0.25) is 0 Å². The molecule has 0 aliphatic heterocycles. The Morgan fingerprint density at radius 2 is 1.78 bits per heavy atom. The van der Waals surface area contributed by atoms with Crippen LogP contribution in [0.5, 0.6) is 0 Å². The van der Waals surface area contributed by atoms with Gasteiger partial charge in [0.05, 0.1) is 17.8 Å². The van der Waals surface area contributed by atoms with E-state index in [1.54, 1.807) is 26.4 Å². The van der Waals surface area contributed by atoms with Gasteiger partial charge in [-0.1, -0.05) is 24.3 Å². The van der Waals surface area contributed by atoms with Gasteiger partial charge in [-0.15, -0.1) is 0 Å². The first-order valence-electron chi connectivity index (χ1n) is 10.5. The highest BCUT2D eigenvalue weighted by Crippen LogP contribution is 2.32. The summed E-state index contributed by atoms with van der Waals surface area (Å²) in [5.74, 6) is -0.123. The monoisotopic (exact) mass is 428 g/mol. The molecule has 0 spiro atoms. The summed E-state index contributed by atoms with van der Waals surface area (Å²) in [6, 6.07) is 17.7. The van der Waals surface area contributed by atoms with E-state index in [2.05, 4.69) is 39.2 Å². The van der Waals surface area contributed by atoms with E-state index >= 15 is 0 Å². The van der Waals surface area contributed by atoms with Gasteiger partial charge in [0.25, 0.3) is 5.91 Å². The Balaban J connectivity index is 1.83. The average molecular weight is 429 g/mol. The second-order valence-electron chi connectivity index (χ2n) is 8.29. The Kier molecular flexibility index (Phi) is 5.81. The van der Waals surface area contributed by atoms with E-state index in [9.17, 15) is 4.79 Å². The third-order valence-electron chi connectivity index (χ3n) is 5.67. The van der Waals surface area contributed by atoms with Crippen LogP contribution in [-0.2, 0) is 6.42 Å². The van der Waals surface area contributed by atoms with Crippen LogP contribution in [-0.4, -0.2) is 53.8 Å². The van der Waals surface area contributed by atoms with Gasteiger partial charge in [-0.05, 0) is 42.3 Å². The first kappa shape index (κ1) is 21.4. The summed E-state index contributed by atoms with van der Waals surface area (Å²) in [5.41, 5.74) is 11.5. The minimum atomic E-state index is -0.220. The lowest BCUT2D eigenvalue weighted by Gasteiger charge is -2.23. The van der Waals surface area contributed by atoms with Crippen molar-refractivity contribution in [2.75, 3.05) is 38.8 Å². The van der Waals surface area contributed by atoms with E-state index in [1.165, 1.54) is 4.90 Å². The molecule has 1 atom stereocenters. The van der Waals surface area contributed by atoms with Crippen LogP contribution in [0, 0.1) is 0 Å². The smallest absolute Gasteiger partial charge is 0.255 e. The Labute approximate surface area is 188 Å². The zero-order valence-electron chi connectivity index (χ0n) is 18.9. The van der Waals surface area contributed by atoms with Crippen LogP contribution < -0.4 is 10.6 Å². The number of aromatic nitrogens is 3. The van der Waals surface area contributed by atoms with Crippen LogP contribution in [0.3, 0.4) is 0 Å². The molecule has 0 aliphatic carbocycles. The molecule has 0 saturated carbocycles. The maximum Gasteiger partial charge on any atom is 0.255 e. The molecule has 0 fully saturated rings. The van der Waals surface area contributed by atoms with Gasteiger partial charge in [-0.2, -0.15) is 5.10 Å². The number of carbonyl (C=O) groups excluding carboxylic acids is 1. The minimum absolute atomic E-state index is 0.123. The van der Waals surface area contributed by atoms with E-state index in [0.717, 1.165) is 27.8 Å². The normalized spacial score (nSPS) is 12.0. The first-order valence-corrected chi connectivity index (χ1v) is 10.5. The van der Waals surface area contributed by atoms with Crippen molar-refractivity contribution in [3.63, 3.8) is 0 Å². The molecular weight excluding hydrogens is 400 g/mol. The van der Waals surface area contributed by atoms with E-state index in [4.69, 9.17) is 5.73 Å². The highest BCUT2D eigenvalue weighted by molar-refractivity contribution is 5.99. The standard InChI is InChI=1S/C25H28N6O/c1-29(2)19-12-10-17(11-13-19)15-22(31-24-18(16-28-31)7-6-14-27-24)20-8-5-9-21(23(20)26)25(32)30(3)4/h5-14,16,22H,15,26H2,1-4H3. The van der Waals surface area contributed by atoms with Crippen molar-refractivity contribution < 1.29 is 4.79 Å². The van der Waals surface area contributed by atoms with Crippen molar-refractivity contribution in [2.24, 2.45) is 0 Å². The van der Waals surface area contributed by atoms with Gasteiger partial charge in [-0.25, -0.2) is 9.67 Å². The zero-order chi connectivity index (χ0) is 22.8. The van der Waals surface area contributed by atoms with Crippen molar-refractivity contribution in [3.8, 4) is 0 Å². The number of hydrogen-bond acceptors (Lipinski definition) is 5. The number of pyridine rings is 1. The largest absolute Gasteiger partial charge is 0.398 e. The Hall–Kier alpha value is -3.87. The fraction of sp³-hybridized carbons (Fsp3) is 0.240. The third kappa shape index (κ3) is 4.01. The van der Waals surface area contributed by atoms with Gasteiger partial charge in [0.15, 0.2) is 5.65 Å². The molecular formula is C25H28N6O. The van der Waals surface area contributed by atoms with E-state index in [0.29, 0.717) is 17.7 Å². The summed E-state index contributed by atoms with van der Waals surface area (Å²) in [6.07, 6.45) is 4.24. The van der Waals surface area contributed by atoms with Gasteiger partial charge in [-0.3, -0.25) is 4.79 Å². The fourth-order valence-electron chi connectivity index (χ4n) is 3.89. The van der Waals surface area contributed by atoms with Gasteiger partial charge in [0.1, 0.15) is 0 Å². The molecule has 0 radical (unpaired) electrons. The second-order valence-corrected chi connectivity index (χ2v) is 8.29. The summed E-state index contributed by atoms with van der Waals surface area (Å²) >= 11 is 0. The topological polar surface area (TPSA) is 80.3 Å². The summed E-state index contributed by atoms with van der Waals surface area (Å²) in [4.78, 5) is 20.9. The molecule has 164 valence electrons. The van der Waals surface area contributed by atoms with Crippen molar-refractivity contribution in [2.45, 2.75) is 12.5 Å².